The van der Waals surface area contributed by atoms with Crippen molar-refractivity contribution < 1.29 is 9.59 Å². The fraction of sp³-hybridized carbons (Fsp3) is 0.429. The molecule has 1 fully saturated rings. The van der Waals surface area contributed by atoms with Crippen LogP contribution in [0.2, 0.25) is 0 Å². The number of carbonyl (C=O) groups excluding carboxylic acids is 2. The Labute approximate surface area is 159 Å². The number of piperidine rings is 1. The van der Waals surface area contributed by atoms with Gasteiger partial charge in [-0.15, -0.1) is 11.3 Å². The first-order valence-electron chi connectivity index (χ1n) is 9.32. The van der Waals surface area contributed by atoms with Crippen LogP contribution in [0, 0.1) is 5.92 Å². The molecule has 1 aromatic carbocycles. The average molecular weight is 371 g/mol. The number of anilines is 1. The number of thiophene rings is 1. The van der Waals surface area contributed by atoms with Gasteiger partial charge in [-0.2, -0.15) is 0 Å². The van der Waals surface area contributed by atoms with Crippen molar-refractivity contribution in [1.29, 1.82) is 0 Å². The monoisotopic (exact) mass is 370 g/mol. The van der Waals surface area contributed by atoms with Crippen molar-refractivity contribution in [3.05, 3.63) is 41.3 Å². The zero-order valence-electron chi connectivity index (χ0n) is 15.5. The summed E-state index contributed by atoms with van der Waals surface area (Å²) < 4.78 is 0. The lowest BCUT2D eigenvalue weighted by atomic mass is 10.0. The van der Waals surface area contributed by atoms with Crippen molar-refractivity contribution in [1.82, 2.24) is 4.90 Å². The SMILES string of the molecule is CC(C)CC(=O)Nc1scc(-c2ccccc2)c1C(=O)N1CCCCC1. The Kier molecular flexibility index (Phi) is 6.09. The topological polar surface area (TPSA) is 49.4 Å². The molecule has 1 N–H and O–H groups in total. The standard InChI is InChI=1S/C21H26N2O2S/c1-15(2)13-18(24)22-20-19(21(25)23-11-7-4-8-12-23)17(14-26-20)16-9-5-3-6-10-16/h3,5-6,9-10,14-15H,4,7-8,11-13H2,1-2H3,(H,22,24). The maximum atomic E-state index is 13.3. The van der Waals surface area contributed by atoms with Crippen molar-refractivity contribution in [2.24, 2.45) is 5.92 Å². The maximum Gasteiger partial charge on any atom is 0.257 e. The van der Waals surface area contributed by atoms with Gasteiger partial charge in [-0.25, -0.2) is 0 Å². The molecule has 1 aliphatic rings. The Morgan fingerprint density at radius 1 is 1.12 bits per heavy atom. The summed E-state index contributed by atoms with van der Waals surface area (Å²) >= 11 is 1.44. The van der Waals surface area contributed by atoms with Gasteiger partial charge in [0.05, 0.1) is 5.56 Å². The van der Waals surface area contributed by atoms with Gasteiger partial charge in [-0.3, -0.25) is 9.59 Å². The lowest BCUT2D eigenvalue weighted by molar-refractivity contribution is -0.116. The number of amides is 2. The third-order valence-electron chi connectivity index (χ3n) is 4.58. The van der Waals surface area contributed by atoms with Crippen LogP contribution in [0.25, 0.3) is 11.1 Å². The second-order valence-electron chi connectivity index (χ2n) is 7.22. The van der Waals surface area contributed by atoms with Gasteiger partial charge < -0.3 is 10.2 Å². The summed E-state index contributed by atoms with van der Waals surface area (Å²) in [5, 5.41) is 5.64. The molecule has 138 valence electrons. The maximum absolute atomic E-state index is 13.3. The zero-order chi connectivity index (χ0) is 18.5. The molecule has 2 amide bonds. The van der Waals surface area contributed by atoms with Crippen LogP contribution < -0.4 is 5.32 Å². The molecule has 0 unspecified atom stereocenters. The molecule has 2 heterocycles. The molecule has 0 atom stereocenters. The molecule has 0 radical (unpaired) electrons. The number of benzene rings is 1. The number of likely N-dealkylation sites (tertiary alicyclic amines) is 1. The minimum Gasteiger partial charge on any atom is -0.339 e. The van der Waals surface area contributed by atoms with E-state index in [2.05, 4.69) is 5.32 Å². The minimum atomic E-state index is -0.0332. The summed E-state index contributed by atoms with van der Waals surface area (Å²) in [6.07, 6.45) is 3.73. The normalized spacial score (nSPS) is 14.5. The second-order valence-corrected chi connectivity index (χ2v) is 8.10. The van der Waals surface area contributed by atoms with Crippen LogP contribution in [0.15, 0.2) is 35.7 Å². The molecule has 5 heteroatoms. The van der Waals surface area contributed by atoms with Gasteiger partial charge in [0.1, 0.15) is 5.00 Å². The van der Waals surface area contributed by atoms with Crippen LogP contribution in [0.3, 0.4) is 0 Å². The lowest BCUT2D eigenvalue weighted by Crippen LogP contribution is -2.36. The van der Waals surface area contributed by atoms with Crippen LogP contribution in [-0.2, 0) is 4.79 Å². The van der Waals surface area contributed by atoms with Crippen LogP contribution >= 0.6 is 11.3 Å². The molecular weight excluding hydrogens is 344 g/mol. The van der Waals surface area contributed by atoms with E-state index in [1.165, 1.54) is 17.8 Å². The zero-order valence-corrected chi connectivity index (χ0v) is 16.3. The number of rotatable bonds is 5. The molecular formula is C21H26N2O2S. The van der Waals surface area contributed by atoms with E-state index in [-0.39, 0.29) is 17.7 Å². The minimum absolute atomic E-state index is 0.0321. The van der Waals surface area contributed by atoms with E-state index in [0.29, 0.717) is 17.0 Å². The summed E-state index contributed by atoms with van der Waals surface area (Å²) in [5.74, 6) is 0.281. The summed E-state index contributed by atoms with van der Waals surface area (Å²) in [7, 11) is 0. The van der Waals surface area contributed by atoms with E-state index >= 15 is 0 Å². The van der Waals surface area contributed by atoms with Gasteiger partial charge in [0.25, 0.3) is 5.91 Å². The van der Waals surface area contributed by atoms with E-state index in [1.807, 2.05) is 54.5 Å². The Morgan fingerprint density at radius 2 is 1.81 bits per heavy atom. The molecule has 1 saturated heterocycles. The molecule has 3 rings (SSSR count). The fourth-order valence-corrected chi connectivity index (χ4v) is 4.27. The lowest BCUT2D eigenvalue weighted by Gasteiger charge is -2.27. The van der Waals surface area contributed by atoms with E-state index in [4.69, 9.17) is 0 Å². The number of hydrogen-bond acceptors (Lipinski definition) is 3. The molecule has 1 aromatic heterocycles. The first-order valence-corrected chi connectivity index (χ1v) is 10.2. The molecule has 1 aliphatic heterocycles. The fourth-order valence-electron chi connectivity index (χ4n) is 3.30. The molecule has 2 aromatic rings. The van der Waals surface area contributed by atoms with Crippen molar-refractivity contribution in [2.45, 2.75) is 39.5 Å². The summed E-state index contributed by atoms with van der Waals surface area (Å²) in [5.41, 5.74) is 2.56. The number of hydrogen-bond donors (Lipinski definition) is 1. The predicted octanol–water partition coefficient (Wildman–Crippen LogP) is 5.03. The van der Waals surface area contributed by atoms with E-state index in [1.54, 1.807) is 0 Å². The average Bonchev–Trinajstić information content (AvgIpc) is 3.05. The van der Waals surface area contributed by atoms with Crippen molar-refractivity contribution in [3.8, 4) is 11.1 Å². The van der Waals surface area contributed by atoms with E-state index in [0.717, 1.165) is 37.1 Å². The number of carbonyl (C=O) groups is 2. The molecule has 26 heavy (non-hydrogen) atoms. The van der Waals surface area contributed by atoms with Crippen LogP contribution in [0.1, 0.15) is 49.9 Å². The van der Waals surface area contributed by atoms with Crippen LogP contribution in [-0.4, -0.2) is 29.8 Å². The van der Waals surface area contributed by atoms with E-state index < -0.39 is 0 Å². The smallest absolute Gasteiger partial charge is 0.257 e. The third kappa shape index (κ3) is 4.33. The van der Waals surface area contributed by atoms with Gasteiger partial charge in [0.15, 0.2) is 0 Å². The molecule has 4 nitrogen and oxygen atoms in total. The quantitative estimate of drug-likeness (QED) is 0.803. The highest BCUT2D eigenvalue weighted by atomic mass is 32.1. The Balaban J connectivity index is 1.95. The second kappa shape index (κ2) is 8.49. The number of nitrogens with one attached hydrogen (secondary N) is 1. The summed E-state index contributed by atoms with van der Waals surface area (Å²) in [4.78, 5) is 27.5. The summed E-state index contributed by atoms with van der Waals surface area (Å²) in [6.45, 7) is 5.62. The van der Waals surface area contributed by atoms with E-state index in [9.17, 15) is 9.59 Å². The molecule has 0 bridgehead atoms. The van der Waals surface area contributed by atoms with Crippen molar-refractivity contribution in [2.75, 3.05) is 18.4 Å². The highest BCUT2D eigenvalue weighted by Gasteiger charge is 2.26. The highest BCUT2D eigenvalue weighted by Crippen LogP contribution is 2.37. The van der Waals surface area contributed by atoms with Crippen LogP contribution in [0.5, 0.6) is 0 Å². The first-order chi connectivity index (χ1) is 12.6. The van der Waals surface area contributed by atoms with Gasteiger partial charge >= 0.3 is 0 Å². The Bertz CT molecular complexity index is 762. The summed E-state index contributed by atoms with van der Waals surface area (Å²) in [6, 6.07) is 9.93. The Morgan fingerprint density at radius 3 is 2.46 bits per heavy atom. The van der Waals surface area contributed by atoms with Gasteiger partial charge in [-0.1, -0.05) is 44.2 Å². The molecule has 0 spiro atoms. The third-order valence-corrected chi connectivity index (χ3v) is 5.47. The molecule has 0 aliphatic carbocycles. The number of nitrogens with zero attached hydrogens (tertiary/aromatic N) is 1. The highest BCUT2D eigenvalue weighted by molar-refractivity contribution is 7.15. The predicted molar refractivity (Wildman–Crippen MR) is 108 cm³/mol. The van der Waals surface area contributed by atoms with Gasteiger partial charge in [0, 0.05) is 30.5 Å². The Hall–Kier alpha value is -2.14. The largest absolute Gasteiger partial charge is 0.339 e. The van der Waals surface area contributed by atoms with Crippen molar-refractivity contribution in [3.63, 3.8) is 0 Å². The van der Waals surface area contributed by atoms with Crippen molar-refractivity contribution >= 4 is 28.2 Å². The molecule has 0 saturated carbocycles. The van der Waals surface area contributed by atoms with Gasteiger partial charge in [-0.05, 0) is 30.7 Å². The first kappa shape index (κ1) is 18.6. The van der Waals surface area contributed by atoms with Gasteiger partial charge in [0.2, 0.25) is 5.91 Å². The van der Waals surface area contributed by atoms with Crippen LogP contribution in [0.4, 0.5) is 5.00 Å².